The Kier molecular flexibility index (Phi) is 4.05. The van der Waals surface area contributed by atoms with Crippen LogP contribution in [0.15, 0.2) is 0 Å². The van der Waals surface area contributed by atoms with Crippen molar-refractivity contribution in [3.8, 4) is 0 Å². The van der Waals surface area contributed by atoms with E-state index in [0.29, 0.717) is 6.42 Å². The summed E-state index contributed by atoms with van der Waals surface area (Å²) in [5, 5.41) is 8.51. The molecule has 0 aliphatic rings. The zero-order chi connectivity index (χ0) is 7.28. The van der Waals surface area contributed by atoms with E-state index in [4.69, 9.17) is 5.11 Å². The molecule has 3 nitrogen and oxygen atoms in total. The molecule has 0 saturated heterocycles. The molecule has 0 bridgehead atoms. The van der Waals surface area contributed by atoms with Gasteiger partial charge in [-0.15, -0.1) is 0 Å². The average molecular weight is 132 g/mol. The van der Waals surface area contributed by atoms with Gasteiger partial charge in [0.05, 0.1) is 0 Å². The van der Waals surface area contributed by atoms with Crippen LogP contribution in [0.1, 0.15) is 26.7 Å². The van der Waals surface area contributed by atoms with Crippen LogP contribution < -0.4 is 0 Å². The molecule has 1 N–H and O–H groups in total. The molecule has 0 aromatic heterocycles. The summed E-state index contributed by atoms with van der Waals surface area (Å²) in [6.45, 7) is 3.29. The molecule has 0 spiro atoms. The number of aliphatic hydroxyl groups is 1. The monoisotopic (exact) mass is 132 g/mol. The molecule has 3 heteroatoms. The molecule has 0 aliphatic heterocycles. The Morgan fingerprint density at radius 1 is 1.78 bits per heavy atom. The first-order valence-corrected chi connectivity index (χ1v) is 3.04. The SMILES string of the molecule is CCCC(=O)OC(C)O. The molecule has 1 unspecified atom stereocenters. The lowest BCUT2D eigenvalue weighted by molar-refractivity contribution is -0.164. The predicted molar refractivity (Wildman–Crippen MR) is 32.7 cm³/mol. The molecule has 0 radical (unpaired) electrons. The molecule has 0 aromatic carbocycles. The molecular weight excluding hydrogens is 120 g/mol. The van der Waals surface area contributed by atoms with Gasteiger partial charge in [-0.2, -0.15) is 0 Å². The number of esters is 1. The van der Waals surface area contributed by atoms with Gasteiger partial charge in [-0.3, -0.25) is 4.79 Å². The molecule has 0 aliphatic carbocycles. The van der Waals surface area contributed by atoms with Gasteiger partial charge in [0.2, 0.25) is 0 Å². The lowest BCUT2D eigenvalue weighted by Crippen LogP contribution is -2.12. The molecule has 0 heterocycles. The highest BCUT2D eigenvalue weighted by Crippen LogP contribution is 1.93. The van der Waals surface area contributed by atoms with Crippen molar-refractivity contribution < 1.29 is 14.6 Å². The van der Waals surface area contributed by atoms with Crippen LogP contribution in [0.4, 0.5) is 0 Å². The van der Waals surface area contributed by atoms with Crippen LogP contribution in [0.5, 0.6) is 0 Å². The number of carbonyl (C=O) groups is 1. The molecule has 0 fully saturated rings. The Hall–Kier alpha value is -0.570. The Morgan fingerprint density at radius 3 is 2.67 bits per heavy atom. The average Bonchev–Trinajstić information content (AvgIpc) is 1.63. The van der Waals surface area contributed by atoms with E-state index >= 15 is 0 Å². The summed E-state index contributed by atoms with van der Waals surface area (Å²) < 4.78 is 4.41. The van der Waals surface area contributed by atoms with Crippen LogP contribution in [-0.2, 0) is 9.53 Å². The minimum atomic E-state index is -0.968. The summed E-state index contributed by atoms with van der Waals surface area (Å²) in [5.41, 5.74) is 0. The Morgan fingerprint density at radius 2 is 2.33 bits per heavy atom. The topological polar surface area (TPSA) is 46.5 Å². The normalized spacial score (nSPS) is 12.8. The summed E-state index contributed by atoms with van der Waals surface area (Å²) in [6, 6.07) is 0. The maximum absolute atomic E-state index is 10.5. The van der Waals surface area contributed by atoms with E-state index in [1.807, 2.05) is 6.92 Å². The number of carbonyl (C=O) groups excluding carboxylic acids is 1. The number of hydrogen-bond donors (Lipinski definition) is 1. The van der Waals surface area contributed by atoms with Gasteiger partial charge in [-0.25, -0.2) is 0 Å². The number of ether oxygens (including phenoxy) is 1. The van der Waals surface area contributed by atoms with Crippen LogP contribution in [0.3, 0.4) is 0 Å². The number of hydrogen-bond acceptors (Lipinski definition) is 3. The largest absolute Gasteiger partial charge is 0.436 e. The number of rotatable bonds is 3. The van der Waals surface area contributed by atoms with Gasteiger partial charge in [-0.1, -0.05) is 6.92 Å². The van der Waals surface area contributed by atoms with Gasteiger partial charge < -0.3 is 9.84 Å². The zero-order valence-corrected chi connectivity index (χ0v) is 5.76. The van der Waals surface area contributed by atoms with E-state index in [-0.39, 0.29) is 5.97 Å². The Balaban J connectivity index is 3.27. The number of aliphatic hydroxyl groups excluding tert-OH is 1. The van der Waals surface area contributed by atoms with E-state index in [0.717, 1.165) is 6.42 Å². The highest BCUT2D eigenvalue weighted by atomic mass is 16.6. The standard InChI is InChI=1S/C6H12O3/c1-3-4-6(8)9-5(2)7/h5,7H,3-4H2,1-2H3. The van der Waals surface area contributed by atoms with Gasteiger partial charge in [0, 0.05) is 6.42 Å². The summed E-state index contributed by atoms with van der Waals surface area (Å²) in [5.74, 6) is -0.340. The van der Waals surface area contributed by atoms with Crippen molar-refractivity contribution in [3.05, 3.63) is 0 Å². The third-order valence-electron chi connectivity index (χ3n) is 0.756. The summed E-state index contributed by atoms with van der Waals surface area (Å²) in [7, 11) is 0. The van der Waals surface area contributed by atoms with E-state index in [1.165, 1.54) is 6.92 Å². The molecular formula is C6H12O3. The molecule has 0 rings (SSSR count). The van der Waals surface area contributed by atoms with E-state index in [9.17, 15) is 4.79 Å². The van der Waals surface area contributed by atoms with Crippen LogP contribution in [0.25, 0.3) is 0 Å². The van der Waals surface area contributed by atoms with E-state index in [2.05, 4.69) is 4.74 Å². The predicted octanol–water partition coefficient (Wildman–Crippen LogP) is 0.668. The minimum Gasteiger partial charge on any atom is -0.436 e. The van der Waals surface area contributed by atoms with Gasteiger partial charge in [0.25, 0.3) is 0 Å². The van der Waals surface area contributed by atoms with Crippen molar-refractivity contribution in [3.63, 3.8) is 0 Å². The molecule has 9 heavy (non-hydrogen) atoms. The molecule has 54 valence electrons. The van der Waals surface area contributed by atoms with Gasteiger partial charge >= 0.3 is 5.97 Å². The minimum absolute atomic E-state index is 0.340. The summed E-state index contributed by atoms with van der Waals surface area (Å²) in [6.07, 6.45) is 0.167. The van der Waals surface area contributed by atoms with Crippen molar-refractivity contribution in [2.75, 3.05) is 0 Å². The van der Waals surface area contributed by atoms with Gasteiger partial charge in [0.15, 0.2) is 6.29 Å². The lowest BCUT2D eigenvalue weighted by atomic mass is 10.3. The van der Waals surface area contributed by atoms with E-state index < -0.39 is 6.29 Å². The Bertz CT molecular complexity index is 88.3. The van der Waals surface area contributed by atoms with Gasteiger partial charge in [0.1, 0.15) is 0 Å². The quantitative estimate of drug-likeness (QED) is 0.453. The maximum Gasteiger partial charge on any atom is 0.308 e. The fourth-order valence-corrected chi connectivity index (χ4v) is 0.453. The lowest BCUT2D eigenvalue weighted by Gasteiger charge is -2.04. The molecule has 0 saturated carbocycles. The van der Waals surface area contributed by atoms with Crippen molar-refractivity contribution in [1.29, 1.82) is 0 Å². The van der Waals surface area contributed by atoms with Crippen molar-refractivity contribution in [1.82, 2.24) is 0 Å². The van der Waals surface area contributed by atoms with Crippen LogP contribution in [-0.4, -0.2) is 17.4 Å². The zero-order valence-electron chi connectivity index (χ0n) is 5.76. The van der Waals surface area contributed by atoms with Crippen molar-refractivity contribution in [2.24, 2.45) is 0 Å². The first-order valence-electron chi connectivity index (χ1n) is 3.04. The first-order chi connectivity index (χ1) is 4.16. The summed E-state index contributed by atoms with van der Waals surface area (Å²) >= 11 is 0. The summed E-state index contributed by atoms with van der Waals surface area (Å²) in [4.78, 5) is 10.5. The van der Waals surface area contributed by atoms with Crippen molar-refractivity contribution >= 4 is 5.97 Å². The molecule has 0 aromatic rings. The van der Waals surface area contributed by atoms with Crippen molar-refractivity contribution in [2.45, 2.75) is 33.0 Å². The fourth-order valence-electron chi connectivity index (χ4n) is 0.453. The highest BCUT2D eigenvalue weighted by molar-refractivity contribution is 5.69. The second kappa shape index (κ2) is 4.32. The Labute approximate surface area is 54.6 Å². The van der Waals surface area contributed by atoms with Gasteiger partial charge in [-0.05, 0) is 13.3 Å². The smallest absolute Gasteiger partial charge is 0.308 e. The van der Waals surface area contributed by atoms with Crippen LogP contribution in [0.2, 0.25) is 0 Å². The highest BCUT2D eigenvalue weighted by Gasteiger charge is 2.02. The van der Waals surface area contributed by atoms with Crippen LogP contribution >= 0.6 is 0 Å². The molecule has 0 amide bonds. The second-order valence-electron chi connectivity index (χ2n) is 1.84. The maximum atomic E-state index is 10.5. The fraction of sp³-hybridized carbons (Fsp3) is 0.833. The molecule has 1 atom stereocenters. The van der Waals surface area contributed by atoms with E-state index in [1.54, 1.807) is 0 Å². The third kappa shape index (κ3) is 5.30. The first kappa shape index (κ1) is 8.43. The third-order valence-corrected chi connectivity index (χ3v) is 0.756. The van der Waals surface area contributed by atoms with Crippen LogP contribution in [0, 0.1) is 0 Å². The second-order valence-corrected chi connectivity index (χ2v) is 1.84.